The number of methoxy groups -OCH3 is 1. The summed E-state index contributed by atoms with van der Waals surface area (Å²) in [4.78, 5) is 13.7. The van der Waals surface area contributed by atoms with Crippen molar-refractivity contribution in [3.8, 4) is 11.5 Å². The monoisotopic (exact) mass is 343 g/mol. The minimum atomic E-state index is -0.171. The van der Waals surface area contributed by atoms with Gasteiger partial charge in [0.05, 0.1) is 13.0 Å². The van der Waals surface area contributed by atoms with Crippen molar-refractivity contribution in [1.82, 2.24) is 5.32 Å². The van der Waals surface area contributed by atoms with Crippen LogP contribution < -0.4 is 14.8 Å². The van der Waals surface area contributed by atoms with Crippen molar-refractivity contribution in [2.75, 3.05) is 20.0 Å². The van der Waals surface area contributed by atoms with Gasteiger partial charge in [-0.2, -0.15) is 0 Å². The van der Waals surface area contributed by atoms with Crippen molar-refractivity contribution < 1.29 is 14.3 Å². The zero-order valence-corrected chi connectivity index (χ0v) is 14.7. The Morgan fingerprint density at radius 2 is 2.08 bits per heavy atom. The highest BCUT2D eigenvalue weighted by Gasteiger charge is 2.26. The Bertz CT molecular complexity index is 715. The first-order chi connectivity index (χ1) is 11.7. The van der Waals surface area contributed by atoms with E-state index in [4.69, 9.17) is 9.47 Å². The predicted octanol–water partition coefficient (Wildman–Crippen LogP) is 3.28. The van der Waals surface area contributed by atoms with Crippen LogP contribution in [0.4, 0.5) is 0 Å². The van der Waals surface area contributed by atoms with Crippen LogP contribution in [0.5, 0.6) is 11.5 Å². The maximum Gasteiger partial charge on any atom is 0.227 e. The molecule has 2 aromatic carbocycles. The quantitative estimate of drug-likeness (QED) is 0.847. The Morgan fingerprint density at radius 3 is 2.79 bits per heavy atom. The smallest absolute Gasteiger partial charge is 0.227 e. The van der Waals surface area contributed by atoms with E-state index in [-0.39, 0.29) is 11.8 Å². The van der Waals surface area contributed by atoms with Crippen LogP contribution in [0, 0.1) is 5.92 Å². The van der Waals surface area contributed by atoms with E-state index in [9.17, 15) is 4.79 Å². The molecule has 0 aromatic heterocycles. The van der Waals surface area contributed by atoms with Crippen molar-refractivity contribution in [1.29, 1.82) is 0 Å². The van der Waals surface area contributed by atoms with Gasteiger partial charge in [-0.1, -0.05) is 12.1 Å². The second kappa shape index (κ2) is 7.62. The molecular weight excluding hydrogens is 322 g/mol. The third kappa shape index (κ3) is 3.85. The van der Waals surface area contributed by atoms with E-state index in [1.54, 1.807) is 18.9 Å². The largest absolute Gasteiger partial charge is 0.497 e. The molecular formula is C19H21NO3S. The molecule has 0 radical (unpaired) electrons. The van der Waals surface area contributed by atoms with Gasteiger partial charge in [0, 0.05) is 11.4 Å². The number of carbonyl (C=O) groups excluding carboxylic acids is 1. The lowest BCUT2D eigenvalue weighted by Crippen LogP contribution is -2.37. The third-order valence-corrected chi connectivity index (χ3v) is 4.91. The maximum absolute atomic E-state index is 12.4. The van der Waals surface area contributed by atoms with Gasteiger partial charge in [-0.3, -0.25) is 4.79 Å². The number of rotatable bonds is 5. The SMILES string of the molecule is COc1ccc2c(c1)C[C@H](C(=O)NCc1ccc(SC)cc1)CO2. The lowest BCUT2D eigenvalue weighted by molar-refractivity contribution is -0.126. The Labute approximate surface area is 146 Å². The van der Waals surface area contributed by atoms with Gasteiger partial charge in [-0.05, 0) is 54.1 Å². The van der Waals surface area contributed by atoms with Crippen LogP contribution in [-0.4, -0.2) is 25.9 Å². The molecule has 1 amide bonds. The van der Waals surface area contributed by atoms with Crippen LogP contribution in [0.15, 0.2) is 47.4 Å². The molecule has 0 aliphatic carbocycles. The highest BCUT2D eigenvalue weighted by atomic mass is 32.2. The van der Waals surface area contributed by atoms with Gasteiger partial charge in [0.2, 0.25) is 5.91 Å². The van der Waals surface area contributed by atoms with E-state index in [2.05, 4.69) is 17.4 Å². The van der Waals surface area contributed by atoms with Crippen molar-refractivity contribution in [2.45, 2.75) is 17.9 Å². The zero-order valence-electron chi connectivity index (χ0n) is 13.9. The van der Waals surface area contributed by atoms with Crippen molar-refractivity contribution in [2.24, 2.45) is 5.92 Å². The first-order valence-corrected chi connectivity index (χ1v) is 9.12. The molecule has 1 aliphatic heterocycles. The van der Waals surface area contributed by atoms with Crippen LogP contribution in [0.1, 0.15) is 11.1 Å². The number of ether oxygens (including phenoxy) is 2. The summed E-state index contributed by atoms with van der Waals surface area (Å²) in [6.45, 7) is 0.950. The van der Waals surface area contributed by atoms with Gasteiger partial charge in [0.15, 0.2) is 0 Å². The Hall–Kier alpha value is -2.14. The van der Waals surface area contributed by atoms with Crippen molar-refractivity contribution >= 4 is 17.7 Å². The van der Waals surface area contributed by atoms with E-state index in [1.165, 1.54) is 4.90 Å². The molecule has 0 saturated heterocycles. The summed E-state index contributed by atoms with van der Waals surface area (Å²) in [5.74, 6) is 1.48. The molecule has 1 heterocycles. The highest BCUT2D eigenvalue weighted by molar-refractivity contribution is 7.98. The molecule has 0 bridgehead atoms. The summed E-state index contributed by atoms with van der Waals surface area (Å²) in [6, 6.07) is 13.9. The summed E-state index contributed by atoms with van der Waals surface area (Å²) in [5.41, 5.74) is 2.12. The average molecular weight is 343 g/mol. The third-order valence-electron chi connectivity index (χ3n) is 4.17. The number of thioether (sulfide) groups is 1. The number of fused-ring (bicyclic) bond motifs is 1. The number of hydrogen-bond donors (Lipinski definition) is 1. The molecule has 24 heavy (non-hydrogen) atoms. The molecule has 1 aliphatic rings. The van der Waals surface area contributed by atoms with Gasteiger partial charge < -0.3 is 14.8 Å². The van der Waals surface area contributed by atoms with Crippen LogP contribution >= 0.6 is 11.8 Å². The standard InChI is InChI=1S/C19H21NO3S/c1-22-16-5-8-18-14(10-16)9-15(12-23-18)19(21)20-11-13-3-6-17(24-2)7-4-13/h3-8,10,15H,9,11-12H2,1-2H3,(H,20,21)/t15-/m0/s1. The average Bonchev–Trinajstić information content (AvgIpc) is 2.65. The van der Waals surface area contributed by atoms with Gasteiger partial charge in [-0.25, -0.2) is 0 Å². The summed E-state index contributed by atoms with van der Waals surface area (Å²) >= 11 is 1.71. The maximum atomic E-state index is 12.4. The fourth-order valence-corrected chi connectivity index (χ4v) is 3.15. The number of carbonyl (C=O) groups is 1. The second-order valence-electron chi connectivity index (χ2n) is 5.75. The topological polar surface area (TPSA) is 47.6 Å². The molecule has 0 unspecified atom stereocenters. The Morgan fingerprint density at radius 1 is 1.29 bits per heavy atom. The van der Waals surface area contributed by atoms with E-state index < -0.39 is 0 Å². The predicted molar refractivity (Wildman–Crippen MR) is 95.8 cm³/mol. The van der Waals surface area contributed by atoms with Gasteiger partial charge in [0.25, 0.3) is 0 Å². The van der Waals surface area contributed by atoms with E-state index in [1.807, 2.05) is 36.6 Å². The van der Waals surface area contributed by atoms with Crippen LogP contribution in [-0.2, 0) is 17.8 Å². The molecule has 0 saturated carbocycles. The van der Waals surface area contributed by atoms with Gasteiger partial charge >= 0.3 is 0 Å². The molecule has 0 fully saturated rings. The first kappa shape index (κ1) is 16.7. The van der Waals surface area contributed by atoms with E-state index in [0.29, 0.717) is 19.6 Å². The Kier molecular flexibility index (Phi) is 5.30. The Balaban J connectivity index is 1.59. The van der Waals surface area contributed by atoms with E-state index >= 15 is 0 Å². The minimum Gasteiger partial charge on any atom is -0.497 e. The number of amides is 1. The molecule has 1 atom stereocenters. The zero-order chi connectivity index (χ0) is 16.9. The fraction of sp³-hybridized carbons (Fsp3) is 0.316. The first-order valence-electron chi connectivity index (χ1n) is 7.90. The number of nitrogens with one attached hydrogen (secondary N) is 1. The van der Waals surface area contributed by atoms with Crippen LogP contribution in [0.3, 0.4) is 0 Å². The normalized spacial score (nSPS) is 16.0. The lowest BCUT2D eigenvalue weighted by Gasteiger charge is -2.25. The second-order valence-corrected chi connectivity index (χ2v) is 6.63. The molecule has 2 aromatic rings. The molecule has 4 nitrogen and oxygen atoms in total. The summed E-state index contributed by atoms with van der Waals surface area (Å²) < 4.78 is 11.0. The lowest BCUT2D eigenvalue weighted by atomic mass is 9.95. The fourth-order valence-electron chi connectivity index (χ4n) is 2.74. The van der Waals surface area contributed by atoms with Crippen molar-refractivity contribution in [3.05, 3.63) is 53.6 Å². The highest BCUT2D eigenvalue weighted by Crippen LogP contribution is 2.30. The van der Waals surface area contributed by atoms with Crippen LogP contribution in [0.25, 0.3) is 0 Å². The van der Waals surface area contributed by atoms with Gasteiger partial charge in [0.1, 0.15) is 18.1 Å². The summed E-state index contributed by atoms with van der Waals surface area (Å²) in [6.07, 6.45) is 2.72. The minimum absolute atomic E-state index is 0.0254. The molecule has 0 spiro atoms. The summed E-state index contributed by atoms with van der Waals surface area (Å²) in [7, 11) is 1.64. The molecule has 5 heteroatoms. The molecule has 1 N–H and O–H groups in total. The van der Waals surface area contributed by atoms with Gasteiger partial charge in [-0.15, -0.1) is 11.8 Å². The molecule has 3 rings (SSSR count). The number of hydrogen-bond acceptors (Lipinski definition) is 4. The van der Waals surface area contributed by atoms with E-state index in [0.717, 1.165) is 22.6 Å². The summed E-state index contributed by atoms with van der Waals surface area (Å²) in [5, 5.41) is 3.01. The van der Waals surface area contributed by atoms with Crippen LogP contribution in [0.2, 0.25) is 0 Å². The number of benzene rings is 2. The molecule has 126 valence electrons. The van der Waals surface area contributed by atoms with Crippen molar-refractivity contribution in [3.63, 3.8) is 0 Å².